The predicted molar refractivity (Wildman–Crippen MR) is 99.6 cm³/mol. The summed E-state index contributed by atoms with van der Waals surface area (Å²) in [7, 11) is 0. The molecule has 3 aromatic rings. The molecular weight excluding hydrogens is 311 g/mol. The van der Waals surface area contributed by atoms with Crippen molar-refractivity contribution in [2.24, 2.45) is 0 Å². The molecule has 0 bridgehead atoms. The van der Waals surface area contributed by atoms with Gasteiger partial charge in [0.1, 0.15) is 0 Å². The first kappa shape index (κ1) is 15.6. The molecule has 2 heteroatoms. The second-order valence-electron chi connectivity index (χ2n) is 7.12. The van der Waals surface area contributed by atoms with Gasteiger partial charge < -0.3 is 0 Å². The van der Waals surface area contributed by atoms with Gasteiger partial charge in [0.25, 0.3) is 0 Å². The number of aryl methyl sites for hydroxylation is 2. The van der Waals surface area contributed by atoms with Gasteiger partial charge in [-0.3, -0.25) is 0 Å². The van der Waals surface area contributed by atoms with Crippen LogP contribution in [0.1, 0.15) is 37.5 Å². The van der Waals surface area contributed by atoms with E-state index in [1.54, 1.807) is 0 Å². The van der Waals surface area contributed by atoms with Crippen LogP contribution in [-0.4, -0.2) is 0 Å². The maximum absolute atomic E-state index is 6.73. The van der Waals surface area contributed by atoms with Crippen molar-refractivity contribution >= 4 is 44.7 Å². The average molecular weight is 331 g/mol. The Balaban J connectivity index is 2.48. The van der Waals surface area contributed by atoms with E-state index in [4.69, 9.17) is 23.2 Å². The van der Waals surface area contributed by atoms with Crippen LogP contribution in [0.25, 0.3) is 21.5 Å². The SMILES string of the molecule is Cc1cc2c(Cl)c3ccc(C(C)(C)C)cc3c(Cl)c2cc1C. The van der Waals surface area contributed by atoms with E-state index in [0.29, 0.717) is 0 Å². The Labute approximate surface area is 142 Å². The average Bonchev–Trinajstić information content (AvgIpc) is 2.45. The molecule has 0 aliphatic heterocycles. The zero-order chi connectivity index (χ0) is 16.2. The molecule has 0 atom stereocenters. The zero-order valence-electron chi connectivity index (χ0n) is 13.6. The lowest BCUT2D eigenvalue weighted by molar-refractivity contribution is 0.591. The maximum atomic E-state index is 6.73. The summed E-state index contributed by atoms with van der Waals surface area (Å²) in [6.45, 7) is 10.8. The van der Waals surface area contributed by atoms with E-state index < -0.39 is 0 Å². The number of fused-ring (bicyclic) bond motifs is 2. The highest BCUT2D eigenvalue weighted by molar-refractivity contribution is 6.47. The van der Waals surface area contributed by atoms with E-state index in [2.05, 4.69) is 65.0 Å². The molecule has 0 saturated carbocycles. The van der Waals surface area contributed by atoms with Gasteiger partial charge in [0.05, 0.1) is 10.0 Å². The van der Waals surface area contributed by atoms with Crippen LogP contribution in [0, 0.1) is 13.8 Å². The van der Waals surface area contributed by atoms with Crippen LogP contribution in [0.4, 0.5) is 0 Å². The molecule has 3 aromatic carbocycles. The molecule has 0 amide bonds. The van der Waals surface area contributed by atoms with Gasteiger partial charge in [-0.15, -0.1) is 0 Å². The van der Waals surface area contributed by atoms with Gasteiger partial charge in [0, 0.05) is 21.5 Å². The van der Waals surface area contributed by atoms with Crippen LogP contribution >= 0.6 is 23.2 Å². The van der Waals surface area contributed by atoms with Gasteiger partial charge in [0.15, 0.2) is 0 Å². The molecule has 0 aliphatic rings. The summed E-state index contributed by atoms with van der Waals surface area (Å²) in [6.07, 6.45) is 0. The third kappa shape index (κ3) is 2.39. The topological polar surface area (TPSA) is 0 Å². The van der Waals surface area contributed by atoms with Crippen LogP contribution in [0.3, 0.4) is 0 Å². The quantitative estimate of drug-likeness (QED) is 0.382. The second-order valence-corrected chi connectivity index (χ2v) is 7.88. The fourth-order valence-electron chi connectivity index (χ4n) is 2.85. The van der Waals surface area contributed by atoms with Crippen molar-refractivity contribution in [3.05, 3.63) is 57.1 Å². The molecule has 0 nitrogen and oxygen atoms in total. The number of hydrogen-bond donors (Lipinski definition) is 0. The van der Waals surface area contributed by atoms with Crippen molar-refractivity contribution in [2.45, 2.75) is 40.0 Å². The first-order valence-electron chi connectivity index (χ1n) is 7.52. The van der Waals surface area contributed by atoms with Crippen molar-refractivity contribution in [2.75, 3.05) is 0 Å². The van der Waals surface area contributed by atoms with Crippen LogP contribution in [0.2, 0.25) is 10.0 Å². The lowest BCUT2D eigenvalue weighted by Crippen LogP contribution is -2.10. The maximum Gasteiger partial charge on any atom is 0.0564 e. The summed E-state index contributed by atoms with van der Waals surface area (Å²) in [6, 6.07) is 10.7. The lowest BCUT2D eigenvalue weighted by atomic mass is 9.85. The lowest BCUT2D eigenvalue weighted by Gasteiger charge is -2.20. The first-order chi connectivity index (χ1) is 10.2. The summed E-state index contributed by atoms with van der Waals surface area (Å²) >= 11 is 13.4. The molecule has 0 aromatic heterocycles. The monoisotopic (exact) mass is 330 g/mol. The summed E-state index contributed by atoms with van der Waals surface area (Å²) in [5.74, 6) is 0. The number of rotatable bonds is 0. The standard InChI is InChI=1S/C20H20Cl2/c1-11-8-15-16(9-12(11)2)19(22)17-10-13(20(3,4)5)6-7-14(17)18(15)21/h6-10H,1-5H3. The molecule has 0 fully saturated rings. The van der Waals surface area contributed by atoms with Crippen molar-refractivity contribution < 1.29 is 0 Å². The predicted octanol–water partition coefficient (Wildman–Crippen LogP) is 7.21. The molecule has 22 heavy (non-hydrogen) atoms. The van der Waals surface area contributed by atoms with Crippen LogP contribution in [0.15, 0.2) is 30.3 Å². The van der Waals surface area contributed by atoms with Crippen molar-refractivity contribution in [3.8, 4) is 0 Å². The van der Waals surface area contributed by atoms with Gasteiger partial charge in [-0.2, -0.15) is 0 Å². The minimum absolute atomic E-state index is 0.0855. The number of halogens is 2. The third-order valence-corrected chi connectivity index (χ3v) is 5.28. The normalized spacial score (nSPS) is 12.3. The number of benzene rings is 3. The molecule has 114 valence electrons. The molecule has 0 saturated heterocycles. The third-order valence-electron chi connectivity index (χ3n) is 4.47. The van der Waals surface area contributed by atoms with E-state index in [1.165, 1.54) is 16.7 Å². The van der Waals surface area contributed by atoms with Crippen molar-refractivity contribution in [1.29, 1.82) is 0 Å². The van der Waals surface area contributed by atoms with Crippen molar-refractivity contribution in [1.82, 2.24) is 0 Å². The van der Waals surface area contributed by atoms with Gasteiger partial charge in [0.2, 0.25) is 0 Å². The highest BCUT2D eigenvalue weighted by Gasteiger charge is 2.17. The minimum Gasteiger partial charge on any atom is -0.0830 e. The summed E-state index contributed by atoms with van der Waals surface area (Å²) in [5.41, 5.74) is 3.82. The van der Waals surface area contributed by atoms with Gasteiger partial charge in [-0.05, 0) is 54.2 Å². The highest BCUT2D eigenvalue weighted by atomic mass is 35.5. The summed E-state index contributed by atoms with van der Waals surface area (Å²) in [5, 5.41) is 5.71. The van der Waals surface area contributed by atoms with Gasteiger partial charge in [-0.25, -0.2) is 0 Å². The Morgan fingerprint density at radius 3 is 1.64 bits per heavy atom. The summed E-state index contributed by atoms with van der Waals surface area (Å²) in [4.78, 5) is 0. The van der Waals surface area contributed by atoms with E-state index in [-0.39, 0.29) is 5.41 Å². The Morgan fingerprint density at radius 1 is 0.682 bits per heavy atom. The highest BCUT2D eigenvalue weighted by Crippen LogP contribution is 2.41. The van der Waals surface area contributed by atoms with Crippen LogP contribution in [0.5, 0.6) is 0 Å². The summed E-state index contributed by atoms with van der Waals surface area (Å²) < 4.78 is 0. The van der Waals surface area contributed by atoms with Gasteiger partial charge >= 0.3 is 0 Å². The smallest absolute Gasteiger partial charge is 0.0564 e. The first-order valence-corrected chi connectivity index (χ1v) is 8.28. The molecule has 0 spiro atoms. The largest absolute Gasteiger partial charge is 0.0830 e. The van der Waals surface area contributed by atoms with Crippen LogP contribution < -0.4 is 0 Å². The van der Waals surface area contributed by atoms with E-state index in [1.807, 2.05) is 0 Å². The zero-order valence-corrected chi connectivity index (χ0v) is 15.2. The second kappa shape index (κ2) is 5.15. The Bertz CT molecular complexity index is 899. The Hall–Kier alpha value is -1.24. The van der Waals surface area contributed by atoms with Gasteiger partial charge in [-0.1, -0.05) is 56.1 Å². The van der Waals surface area contributed by atoms with E-state index >= 15 is 0 Å². The fraction of sp³-hybridized carbons (Fsp3) is 0.300. The molecular formula is C20H20Cl2. The molecule has 0 unspecified atom stereocenters. The molecule has 0 N–H and O–H groups in total. The molecule has 0 radical (unpaired) electrons. The number of hydrogen-bond acceptors (Lipinski definition) is 0. The van der Waals surface area contributed by atoms with Crippen LogP contribution in [-0.2, 0) is 5.41 Å². The van der Waals surface area contributed by atoms with Crippen molar-refractivity contribution in [3.63, 3.8) is 0 Å². The minimum atomic E-state index is 0.0855. The Morgan fingerprint density at radius 2 is 1.14 bits per heavy atom. The molecule has 0 heterocycles. The molecule has 0 aliphatic carbocycles. The molecule has 3 rings (SSSR count). The van der Waals surface area contributed by atoms with E-state index in [0.717, 1.165) is 31.6 Å². The Kier molecular flexibility index (Phi) is 3.66. The fourth-order valence-corrected chi connectivity index (χ4v) is 3.49. The van der Waals surface area contributed by atoms with E-state index in [9.17, 15) is 0 Å².